The zero-order chi connectivity index (χ0) is 19.4. The van der Waals surface area contributed by atoms with Crippen molar-refractivity contribution in [2.45, 2.75) is 33.1 Å². The van der Waals surface area contributed by atoms with Crippen LogP contribution < -0.4 is 10.6 Å². The highest BCUT2D eigenvalue weighted by Crippen LogP contribution is 2.31. The van der Waals surface area contributed by atoms with E-state index < -0.39 is 0 Å². The number of benzene rings is 2. The van der Waals surface area contributed by atoms with E-state index in [4.69, 9.17) is 0 Å². The molecule has 0 saturated carbocycles. The van der Waals surface area contributed by atoms with E-state index >= 15 is 0 Å². The molecular weight excluding hydrogens is 334 g/mol. The summed E-state index contributed by atoms with van der Waals surface area (Å²) in [6.45, 7) is 8.50. The molecule has 4 nitrogen and oxygen atoms in total. The van der Waals surface area contributed by atoms with Gasteiger partial charge in [-0.3, -0.25) is 9.78 Å². The lowest BCUT2D eigenvalue weighted by Crippen LogP contribution is -2.14. The van der Waals surface area contributed by atoms with E-state index in [1.54, 1.807) is 12.4 Å². The van der Waals surface area contributed by atoms with Crippen LogP contribution in [-0.2, 0) is 5.41 Å². The van der Waals surface area contributed by atoms with Crippen molar-refractivity contribution in [2.75, 3.05) is 10.6 Å². The Morgan fingerprint density at radius 3 is 2.30 bits per heavy atom. The van der Waals surface area contributed by atoms with Crippen molar-refractivity contribution in [3.8, 4) is 0 Å². The fraction of sp³-hybridized carbons (Fsp3) is 0.217. The Bertz CT molecular complexity index is 958. The summed E-state index contributed by atoms with van der Waals surface area (Å²) in [5, 5.41) is 6.35. The highest BCUT2D eigenvalue weighted by molar-refractivity contribution is 6.05. The molecule has 0 saturated heterocycles. The van der Waals surface area contributed by atoms with Gasteiger partial charge in [-0.15, -0.1) is 0 Å². The number of pyridine rings is 1. The molecule has 0 aliphatic rings. The highest BCUT2D eigenvalue weighted by Gasteiger charge is 2.17. The third-order valence-corrected chi connectivity index (χ3v) is 4.41. The van der Waals surface area contributed by atoms with E-state index in [0.717, 1.165) is 22.6 Å². The number of carbonyl (C=O) groups excluding carboxylic acids is 1. The monoisotopic (exact) mass is 359 g/mol. The van der Waals surface area contributed by atoms with Crippen molar-refractivity contribution in [3.05, 3.63) is 83.7 Å². The summed E-state index contributed by atoms with van der Waals surface area (Å²) in [5.74, 6) is -0.176. The average molecular weight is 359 g/mol. The lowest BCUT2D eigenvalue weighted by Gasteiger charge is -2.23. The van der Waals surface area contributed by atoms with Gasteiger partial charge in [0.25, 0.3) is 5.91 Å². The molecule has 0 fully saturated rings. The third-order valence-electron chi connectivity index (χ3n) is 4.41. The summed E-state index contributed by atoms with van der Waals surface area (Å²) in [4.78, 5) is 16.9. The van der Waals surface area contributed by atoms with Gasteiger partial charge < -0.3 is 10.6 Å². The summed E-state index contributed by atoms with van der Waals surface area (Å²) in [6.07, 6.45) is 3.30. The number of anilines is 3. The number of nitrogens with zero attached hydrogens (tertiary/aromatic N) is 1. The molecule has 1 amide bonds. The number of amides is 1. The van der Waals surface area contributed by atoms with E-state index in [0.29, 0.717) is 5.56 Å². The summed E-state index contributed by atoms with van der Waals surface area (Å²) in [7, 11) is 0. The van der Waals surface area contributed by atoms with Gasteiger partial charge in [0.05, 0.1) is 17.4 Å². The van der Waals surface area contributed by atoms with Crippen LogP contribution >= 0.6 is 0 Å². The molecule has 4 heteroatoms. The average Bonchev–Trinajstić information content (AvgIpc) is 2.63. The van der Waals surface area contributed by atoms with Crippen molar-refractivity contribution in [1.82, 2.24) is 4.98 Å². The van der Waals surface area contributed by atoms with Crippen LogP contribution in [-0.4, -0.2) is 10.9 Å². The van der Waals surface area contributed by atoms with Gasteiger partial charge in [-0.2, -0.15) is 0 Å². The number of rotatable bonds is 4. The predicted octanol–water partition coefficient (Wildman–Crippen LogP) is 5.68. The van der Waals surface area contributed by atoms with Gasteiger partial charge in [0.15, 0.2) is 0 Å². The van der Waals surface area contributed by atoms with Gasteiger partial charge in [-0.25, -0.2) is 0 Å². The zero-order valence-electron chi connectivity index (χ0n) is 16.2. The molecule has 0 spiro atoms. The zero-order valence-corrected chi connectivity index (χ0v) is 16.2. The van der Waals surface area contributed by atoms with Crippen LogP contribution in [0.3, 0.4) is 0 Å². The second kappa shape index (κ2) is 7.62. The smallest absolute Gasteiger partial charge is 0.257 e. The number of hydrogen-bond donors (Lipinski definition) is 2. The SMILES string of the molecule is Cc1ccccc1NC(=O)c1cncc(Nc2ccccc2C(C)(C)C)c1. The highest BCUT2D eigenvalue weighted by atomic mass is 16.1. The summed E-state index contributed by atoms with van der Waals surface area (Å²) >= 11 is 0. The van der Waals surface area contributed by atoms with E-state index in [2.05, 4.69) is 42.5 Å². The van der Waals surface area contributed by atoms with E-state index in [1.807, 2.05) is 55.5 Å². The van der Waals surface area contributed by atoms with Crippen LogP contribution in [0.25, 0.3) is 0 Å². The molecule has 3 rings (SSSR count). The molecule has 27 heavy (non-hydrogen) atoms. The van der Waals surface area contributed by atoms with E-state index in [-0.39, 0.29) is 11.3 Å². The normalized spacial score (nSPS) is 11.1. The molecule has 0 unspecified atom stereocenters. The van der Waals surface area contributed by atoms with Crippen LogP contribution in [0.15, 0.2) is 67.0 Å². The van der Waals surface area contributed by atoms with Crippen molar-refractivity contribution >= 4 is 23.0 Å². The Kier molecular flexibility index (Phi) is 5.26. The van der Waals surface area contributed by atoms with E-state index in [1.165, 1.54) is 5.56 Å². The molecule has 138 valence electrons. The van der Waals surface area contributed by atoms with E-state index in [9.17, 15) is 4.79 Å². The predicted molar refractivity (Wildman–Crippen MR) is 112 cm³/mol. The van der Waals surface area contributed by atoms with Crippen LogP contribution in [0.4, 0.5) is 17.1 Å². The van der Waals surface area contributed by atoms with Crippen molar-refractivity contribution in [2.24, 2.45) is 0 Å². The number of hydrogen-bond acceptors (Lipinski definition) is 3. The first-order chi connectivity index (χ1) is 12.8. The van der Waals surface area contributed by atoms with Gasteiger partial charge in [0.2, 0.25) is 0 Å². The maximum absolute atomic E-state index is 12.6. The fourth-order valence-electron chi connectivity index (χ4n) is 2.94. The third kappa shape index (κ3) is 4.53. The van der Waals surface area contributed by atoms with Crippen molar-refractivity contribution in [1.29, 1.82) is 0 Å². The Hall–Kier alpha value is -3.14. The molecular formula is C23H25N3O. The maximum Gasteiger partial charge on any atom is 0.257 e. The summed E-state index contributed by atoms with van der Waals surface area (Å²) < 4.78 is 0. The minimum Gasteiger partial charge on any atom is -0.354 e. The second-order valence-corrected chi connectivity index (χ2v) is 7.65. The molecule has 2 N–H and O–H groups in total. The minimum absolute atomic E-state index is 0.0108. The van der Waals surface area contributed by atoms with Crippen LogP contribution in [0.5, 0.6) is 0 Å². The molecule has 0 aliphatic heterocycles. The standard InChI is InChI=1S/C23H25N3O/c1-16-9-5-7-11-20(16)26-22(27)17-13-18(15-24-14-17)25-21-12-8-6-10-19(21)23(2,3)4/h5-15,25H,1-4H3,(H,26,27). The quantitative estimate of drug-likeness (QED) is 0.630. The molecule has 2 aromatic carbocycles. The molecule has 0 bridgehead atoms. The van der Waals surface area contributed by atoms with Gasteiger partial charge in [0, 0.05) is 17.6 Å². The molecule has 3 aromatic rings. The summed E-state index contributed by atoms with van der Waals surface area (Å²) in [5.41, 5.74) is 5.35. The maximum atomic E-state index is 12.6. The largest absolute Gasteiger partial charge is 0.354 e. The van der Waals surface area contributed by atoms with Crippen LogP contribution in [0.1, 0.15) is 42.3 Å². The first-order valence-corrected chi connectivity index (χ1v) is 9.03. The van der Waals surface area contributed by atoms with Gasteiger partial charge >= 0.3 is 0 Å². The van der Waals surface area contributed by atoms with Gasteiger partial charge in [-0.05, 0) is 41.7 Å². The first-order valence-electron chi connectivity index (χ1n) is 9.03. The molecule has 1 aromatic heterocycles. The number of aryl methyl sites for hydroxylation is 1. The van der Waals surface area contributed by atoms with Crippen LogP contribution in [0.2, 0.25) is 0 Å². The Balaban J connectivity index is 1.83. The van der Waals surface area contributed by atoms with Crippen molar-refractivity contribution in [3.63, 3.8) is 0 Å². The topological polar surface area (TPSA) is 54.0 Å². The fourth-order valence-corrected chi connectivity index (χ4v) is 2.94. The van der Waals surface area contributed by atoms with Crippen LogP contribution in [0, 0.1) is 6.92 Å². The number of aromatic nitrogens is 1. The molecule has 0 atom stereocenters. The minimum atomic E-state index is -0.176. The van der Waals surface area contributed by atoms with Gasteiger partial charge in [0.1, 0.15) is 0 Å². The van der Waals surface area contributed by atoms with Gasteiger partial charge in [-0.1, -0.05) is 57.2 Å². The number of carbonyl (C=O) groups is 1. The lowest BCUT2D eigenvalue weighted by molar-refractivity contribution is 0.102. The number of nitrogens with one attached hydrogen (secondary N) is 2. The molecule has 1 heterocycles. The first kappa shape index (κ1) is 18.6. The molecule has 0 aliphatic carbocycles. The Morgan fingerprint density at radius 2 is 1.59 bits per heavy atom. The molecule has 0 radical (unpaired) electrons. The second-order valence-electron chi connectivity index (χ2n) is 7.65. The Labute approximate surface area is 160 Å². The van der Waals surface area contributed by atoms with Crippen molar-refractivity contribution < 1.29 is 4.79 Å². The summed E-state index contributed by atoms with van der Waals surface area (Å²) in [6, 6.07) is 17.7. The lowest BCUT2D eigenvalue weighted by atomic mass is 9.86. The Morgan fingerprint density at radius 1 is 0.926 bits per heavy atom. The number of para-hydroxylation sites is 2.